The Bertz CT molecular complexity index is 1050. The van der Waals surface area contributed by atoms with Crippen LogP contribution in [0.1, 0.15) is 63.4 Å². The summed E-state index contributed by atoms with van der Waals surface area (Å²) in [5.74, 6) is -1.53. The third kappa shape index (κ3) is 6.27. The van der Waals surface area contributed by atoms with E-state index in [1.807, 2.05) is 36.4 Å². The van der Waals surface area contributed by atoms with Crippen LogP contribution in [-0.2, 0) is 20.8 Å². The Morgan fingerprint density at radius 1 is 1.00 bits per heavy atom. The van der Waals surface area contributed by atoms with E-state index in [-0.39, 0.29) is 18.2 Å². The number of amides is 2. The fourth-order valence-electron chi connectivity index (χ4n) is 5.46. The standard InChI is InChI=1S/C28H35N3O4S/c32-25(24(36)21-7-2-1-3-8-21)31-28(14-4-5-15-28)27(35)30-23(26(33)34)17-19-10-12-20(13-11-19)22-9-6-16-29-18-22/h6,9-13,16,18,21,23-24,36H,1-5,7-8,14-15,17H2,(H,30,35)(H,31,32)(H,33,34). The smallest absolute Gasteiger partial charge is 0.326 e. The Morgan fingerprint density at radius 3 is 2.31 bits per heavy atom. The van der Waals surface area contributed by atoms with Crippen LogP contribution in [0.5, 0.6) is 0 Å². The molecule has 192 valence electrons. The molecule has 2 atom stereocenters. The number of carboxylic acids is 1. The number of thiol groups is 1. The first kappa shape index (κ1) is 26.2. The lowest BCUT2D eigenvalue weighted by Gasteiger charge is -2.33. The number of benzene rings is 1. The molecule has 0 radical (unpaired) electrons. The Kier molecular flexibility index (Phi) is 8.67. The number of hydrogen-bond donors (Lipinski definition) is 4. The lowest BCUT2D eigenvalue weighted by Crippen LogP contribution is -2.61. The molecular weight excluding hydrogens is 474 g/mol. The van der Waals surface area contributed by atoms with E-state index in [0.717, 1.165) is 55.2 Å². The van der Waals surface area contributed by atoms with Crippen LogP contribution in [0, 0.1) is 5.92 Å². The summed E-state index contributed by atoms with van der Waals surface area (Å²) >= 11 is 4.61. The van der Waals surface area contributed by atoms with Gasteiger partial charge < -0.3 is 15.7 Å². The van der Waals surface area contributed by atoms with Gasteiger partial charge in [-0.2, -0.15) is 12.6 Å². The summed E-state index contributed by atoms with van der Waals surface area (Å²) in [6, 6.07) is 10.3. The van der Waals surface area contributed by atoms with Crippen LogP contribution in [-0.4, -0.2) is 44.7 Å². The number of carbonyl (C=O) groups excluding carboxylic acids is 2. The largest absolute Gasteiger partial charge is 0.480 e. The van der Waals surface area contributed by atoms with Crippen molar-refractivity contribution < 1.29 is 19.5 Å². The molecule has 8 heteroatoms. The van der Waals surface area contributed by atoms with E-state index in [9.17, 15) is 19.5 Å². The minimum Gasteiger partial charge on any atom is -0.480 e. The average Bonchev–Trinajstić information content (AvgIpc) is 3.39. The SMILES string of the molecule is O=C(O)C(Cc1ccc(-c2cccnc2)cc1)NC(=O)C1(NC(=O)C(S)C2CCCCC2)CCCC1. The predicted molar refractivity (Wildman–Crippen MR) is 142 cm³/mol. The molecule has 4 rings (SSSR count). The zero-order valence-electron chi connectivity index (χ0n) is 20.5. The molecule has 2 aliphatic carbocycles. The van der Waals surface area contributed by atoms with Crippen molar-refractivity contribution in [3.05, 3.63) is 54.4 Å². The van der Waals surface area contributed by atoms with Gasteiger partial charge in [0.2, 0.25) is 11.8 Å². The molecule has 2 aromatic rings. The fourth-order valence-corrected chi connectivity index (χ4v) is 5.82. The Labute approximate surface area is 217 Å². The van der Waals surface area contributed by atoms with Gasteiger partial charge in [0, 0.05) is 18.8 Å². The first-order valence-electron chi connectivity index (χ1n) is 12.9. The van der Waals surface area contributed by atoms with Crippen molar-refractivity contribution in [1.29, 1.82) is 0 Å². The van der Waals surface area contributed by atoms with Crippen molar-refractivity contribution in [3.8, 4) is 11.1 Å². The van der Waals surface area contributed by atoms with Crippen LogP contribution in [0.2, 0.25) is 0 Å². The van der Waals surface area contributed by atoms with Crippen LogP contribution < -0.4 is 10.6 Å². The monoisotopic (exact) mass is 509 g/mol. The normalized spacial score (nSPS) is 19.2. The van der Waals surface area contributed by atoms with Crippen molar-refractivity contribution in [2.75, 3.05) is 0 Å². The first-order chi connectivity index (χ1) is 17.4. The number of rotatable bonds is 9. The summed E-state index contributed by atoms with van der Waals surface area (Å²) in [4.78, 5) is 42.7. The summed E-state index contributed by atoms with van der Waals surface area (Å²) in [5, 5.41) is 15.1. The molecule has 1 aromatic heterocycles. The molecule has 2 aliphatic rings. The van der Waals surface area contributed by atoms with Crippen molar-refractivity contribution in [2.45, 2.75) is 81.0 Å². The molecule has 3 N–H and O–H groups in total. The number of nitrogens with zero attached hydrogens (tertiary/aromatic N) is 1. The molecule has 0 saturated heterocycles. The highest BCUT2D eigenvalue weighted by atomic mass is 32.1. The molecule has 2 amide bonds. The second-order valence-corrected chi connectivity index (χ2v) is 10.7. The first-order valence-corrected chi connectivity index (χ1v) is 13.4. The van der Waals surface area contributed by atoms with Gasteiger partial charge >= 0.3 is 5.97 Å². The summed E-state index contributed by atoms with van der Waals surface area (Å²) < 4.78 is 0. The fraction of sp³-hybridized carbons (Fsp3) is 0.500. The van der Waals surface area contributed by atoms with Crippen molar-refractivity contribution in [3.63, 3.8) is 0 Å². The third-order valence-corrected chi connectivity index (χ3v) is 8.27. The Morgan fingerprint density at radius 2 is 1.69 bits per heavy atom. The van der Waals surface area contributed by atoms with Gasteiger partial charge in [0.05, 0.1) is 5.25 Å². The van der Waals surface area contributed by atoms with Crippen molar-refractivity contribution >= 4 is 30.4 Å². The van der Waals surface area contributed by atoms with Gasteiger partial charge in [0.15, 0.2) is 0 Å². The average molecular weight is 510 g/mol. The predicted octanol–water partition coefficient (Wildman–Crippen LogP) is 4.17. The maximum absolute atomic E-state index is 13.4. The second kappa shape index (κ2) is 11.9. The van der Waals surface area contributed by atoms with Crippen molar-refractivity contribution in [2.24, 2.45) is 5.92 Å². The van der Waals surface area contributed by atoms with Gasteiger partial charge in [-0.3, -0.25) is 14.6 Å². The number of aliphatic carboxylic acids is 1. The summed E-state index contributed by atoms with van der Waals surface area (Å²) in [6.07, 6.45) is 11.6. The summed E-state index contributed by atoms with van der Waals surface area (Å²) in [6.45, 7) is 0. The highest BCUT2D eigenvalue weighted by Crippen LogP contribution is 2.33. The maximum Gasteiger partial charge on any atom is 0.326 e. The van der Waals surface area contributed by atoms with E-state index >= 15 is 0 Å². The number of nitrogens with one attached hydrogen (secondary N) is 2. The van der Waals surface area contributed by atoms with Gasteiger partial charge in [-0.15, -0.1) is 0 Å². The van der Waals surface area contributed by atoms with E-state index in [1.54, 1.807) is 12.4 Å². The van der Waals surface area contributed by atoms with Gasteiger partial charge in [-0.1, -0.05) is 62.4 Å². The van der Waals surface area contributed by atoms with Crippen molar-refractivity contribution in [1.82, 2.24) is 15.6 Å². The molecule has 0 spiro atoms. The molecule has 1 heterocycles. The van der Waals surface area contributed by atoms with E-state index in [1.165, 1.54) is 6.42 Å². The topological polar surface area (TPSA) is 108 Å². The number of carbonyl (C=O) groups is 3. The lowest BCUT2D eigenvalue weighted by molar-refractivity contribution is -0.143. The zero-order valence-corrected chi connectivity index (χ0v) is 21.4. The molecule has 36 heavy (non-hydrogen) atoms. The van der Waals surface area contributed by atoms with Crippen LogP contribution in [0.15, 0.2) is 48.8 Å². The highest BCUT2D eigenvalue weighted by molar-refractivity contribution is 7.81. The number of carboxylic acid groups (broad SMARTS) is 1. The summed E-state index contributed by atoms with van der Waals surface area (Å²) in [7, 11) is 0. The molecule has 1 aromatic carbocycles. The Hall–Kier alpha value is -2.87. The third-order valence-electron chi connectivity index (χ3n) is 7.61. The van der Waals surface area contributed by atoms with Crippen LogP contribution in [0.3, 0.4) is 0 Å². The minimum absolute atomic E-state index is 0.148. The maximum atomic E-state index is 13.4. The molecular formula is C28H35N3O4S. The number of pyridine rings is 1. The van der Waals surface area contributed by atoms with Crippen LogP contribution in [0.4, 0.5) is 0 Å². The quantitative estimate of drug-likeness (QED) is 0.380. The second-order valence-electron chi connectivity index (χ2n) is 10.1. The zero-order chi connectivity index (χ0) is 25.5. The van der Waals surface area contributed by atoms with E-state index in [0.29, 0.717) is 12.8 Å². The molecule has 0 bridgehead atoms. The molecule has 7 nitrogen and oxygen atoms in total. The Balaban J connectivity index is 1.42. The van der Waals surface area contributed by atoms with E-state index in [2.05, 4.69) is 28.2 Å². The van der Waals surface area contributed by atoms with Gasteiger partial charge in [-0.25, -0.2) is 4.79 Å². The minimum atomic E-state index is -1.10. The molecule has 2 unspecified atom stereocenters. The van der Waals surface area contributed by atoms with Gasteiger partial charge in [0.25, 0.3) is 0 Å². The molecule has 2 saturated carbocycles. The van der Waals surface area contributed by atoms with Gasteiger partial charge in [-0.05, 0) is 54.4 Å². The molecule has 0 aliphatic heterocycles. The van der Waals surface area contributed by atoms with E-state index < -0.39 is 28.7 Å². The lowest BCUT2D eigenvalue weighted by atomic mass is 9.85. The van der Waals surface area contributed by atoms with Crippen LogP contribution >= 0.6 is 12.6 Å². The summed E-state index contributed by atoms with van der Waals surface area (Å²) in [5.41, 5.74) is 1.67. The molecule has 2 fully saturated rings. The van der Waals surface area contributed by atoms with Gasteiger partial charge in [0.1, 0.15) is 11.6 Å². The highest BCUT2D eigenvalue weighted by Gasteiger charge is 2.45. The number of hydrogen-bond acceptors (Lipinski definition) is 5. The number of aromatic nitrogens is 1. The van der Waals surface area contributed by atoms with E-state index in [4.69, 9.17) is 0 Å². The van der Waals surface area contributed by atoms with Crippen LogP contribution in [0.25, 0.3) is 11.1 Å².